The summed E-state index contributed by atoms with van der Waals surface area (Å²) in [5.74, 6) is 0. The molecular weight excluding hydrogens is 294 g/mol. The van der Waals surface area contributed by atoms with Crippen LogP contribution in [0.3, 0.4) is 0 Å². The highest BCUT2D eigenvalue weighted by Gasteiger charge is 2.06. The van der Waals surface area contributed by atoms with Gasteiger partial charge in [-0.15, -0.1) is 0 Å². The number of nitrogens with one attached hydrogen (secondary N) is 2. The molecule has 0 unspecified atom stereocenters. The lowest BCUT2D eigenvalue weighted by Gasteiger charge is -2.09. The summed E-state index contributed by atoms with van der Waals surface area (Å²) in [6.07, 6.45) is 0. The van der Waals surface area contributed by atoms with E-state index in [1.165, 1.54) is 0 Å². The number of hydrogen-bond donors (Lipinski definition) is 3. The van der Waals surface area contributed by atoms with E-state index in [1.807, 2.05) is 0 Å². The summed E-state index contributed by atoms with van der Waals surface area (Å²) in [6.45, 7) is 0. The Kier molecular flexibility index (Phi) is 4.55. The maximum Gasteiger partial charge on any atom is 0.323 e. The third-order valence-corrected chi connectivity index (χ3v) is 3.09. The number of urea groups is 1. The smallest absolute Gasteiger partial charge is 0.323 e. The summed E-state index contributed by atoms with van der Waals surface area (Å²) in [7, 11) is 0. The van der Waals surface area contributed by atoms with Crippen LogP contribution in [0.1, 0.15) is 5.56 Å². The number of nitrogens with two attached hydrogens (primary N) is 1. The number of thiocarbonyl (C=S) groups is 1. The Morgan fingerprint density at radius 2 is 1.85 bits per heavy atom. The summed E-state index contributed by atoms with van der Waals surface area (Å²) >= 11 is 10.9. The van der Waals surface area contributed by atoms with Crippen molar-refractivity contribution in [1.29, 1.82) is 0 Å². The molecule has 0 aliphatic carbocycles. The van der Waals surface area contributed by atoms with Gasteiger partial charge in [-0.3, -0.25) is 0 Å². The molecule has 0 saturated heterocycles. The molecular formula is C14H12ClN3OS. The van der Waals surface area contributed by atoms with Crippen LogP contribution in [0.15, 0.2) is 48.5 Å². The van der Waals surface area contributed by atoms with Gasteiger partial charge in [-0.05, 0) is 24.3 Å². The van der Waals surface area contributed by atoms with E-state index < -0.39 is 6.03 Å². The molecule has 4 N–H and O–H groups in total. The Bertz CT molecular complexity index is 660. The van der Waals surface area contributed by atoms with E-state index in [2.05, 4.69) is 10.6 Å². The van der Waals surface area contributed by atoms with Crippen molar-refractivity contribution in [2.24, 2.45) is 5.73 Å². The van der Waals surface area contributed by atoms with Gasteiger partial charge in [0.15, 0.2) is 0 Å². The van der Waals surface area contributed by atoms with Gasteiger partial charge in [-0.2, -0.15) is 0 Å². The van der Waals surface area contributed by atoms with Gasteiger partial charge in [0.25, 0.3) is 0 Å². The molecule has 0 aromatic heterocycles. The first-order valence-corrected chi connectivity index (χ1v) is 6.57. The molecule has 0 atom stereocenters. The van der Waals surface area contributed by atoms with Gasteiger partial charge >= 0.3 is 6.03 Å². The SMILES string of the molecule is NC(=S)c1cccc(NC(=O)Nc2ccccc2Cl)c1. The van der Waals surface area contributed by atoms with E-state index in [1.54, 1.807) is 48.5 Å². The average molecular weight is 306 g/mol. The summed E-state index contributed by atoms with van der Waals surface area (Å²) in [5.41, 5.74) is 7.37. The van der Waals surface area contributed by atoms with Gasteiger partial charge in [0.1, 0.15) is 4.99 Å². The molecule has 2 amide bonds. The fourth-order valence-electron chi connectivity index (χ4n) is 1.60. The summed E-state index contributed by atoms with van der Waals surface area (Å²) in [6, 6.07) is 13.6. The first-order chi connectivity index (χ1) is 9.56. The fourth-order valence-corrected chi connectivity index (χ4v) is 1.91. The number of para-hydroxylation sites is 1. The minimum atomic E-state index is -0.391. The van der Waals surface area contributed by atoms with Crippen molar-refractivity contribution in [2.75, 3.05) is 10.6 Å². The standard InChI is InChI=1S/C14H12ClN3OS/c15-11-6-1-2-7-12(11)18-14(19)17-10-5-3-4-9(8-10)13(16)20/h1-8H,(H2,16,20)(H2,17,18,19). The molecule has 0 fully saturated rings. The Morgan fingerprint density at radius 1 is 1.10 bits per heavy atom. The minimum absolute atomic E-state index is 0.278. The Balaban J connectivity index is 2.07. The van der Waals surface area contributed by atoms with Crippen LogP contribution < -0.4 is 16.4 Å². The number of anilines is 2. The fraction of sp³-hybridized carbons (Fsp3) is 0. The number of carbonyl (C=O) groups excluding carboxylic acids is 1. The maximum atomic E-state index is 11.9. The number of benzene rings is 2. The highest BCUT2D eigenvalue weighted by molar-refractivity contribution is 7.80. The van der Waals surface area contributed by atoms with Gasteiger partial charge in [-0.1, -0.05) is 48.1 Å². The third kappa shape index (κ3) is 3.69. The first kappa shape index (κ1) is 14.3. The highest BCUT2D eigenvalue weighted by Crippen LogP contribution is 2.20. The average Bonchev–Trinajstić information content (AvgIpc) is 2.41. The molecule has 0 aliphatic rings. The molecule has 102 valence electrons. The Morgan fingerprint density at radius 3 is 2.55 bits per heavy atom. The summed E-state index contributed by atoms with van der Waals surface area (Å²) in [4.78, 5) is 12.1. The van der Waals surface area contributed by atoms with Crippen molar-refractivity contribution in [1.82, 2.24) is 0 Å². The van der Waals surface area contributed by atoms with Gasteiger partial charge in [-0.25, -0.2) is 4.79 Å². The van der Waals surface area contributed by atoms with Crippen molar-refractivity contribution < 1.29 is 4.79 Å². The third-order valence-electron chi connectivity index (χ3n) is 2.53. The molecule has 6 heteroatoms. The lowest BCUT2D eigenvalue weighted by molar-refractivity contribution is 0.262. The molecule has 2 rings (SSSR count). The monoisotopic (exact) mass is 305 g/mol. The van der Waals surface area contributed by atoms with Gasteiger partial charge in [0.2, 0.25) is 0 Å². The van der Waals surface area contributed by atoms with Crippen molar-refractivity contribution in [3.8, 4) is 0 Å². The first-order valence-electron chi connectivity index (χ1n) is 5.78. The Labute approximate surface area is 126 Å². The molecule has 2 aromatic rings. The van der Waals surface area contributed by atoms with Crippen molar-refractivity contribution in [2.45, 2.75) is 0 Å². The van der Waals surface area contributed by atoms with Crippen LogP contribution in [0.2, 0.25) is 5.02 Å². The van der Waals surface area contributed by atoms with Crippen LogP contribution in [0, 0.1) is 0 Å². The van der Waals surface area contributed by atoms with E-state index in [4.69, 9.17) is 29.6 Å². The Hall–Kier alpha value is -2.11. The normalized spacial score (nSPS) is 9.85. The van der Waals surface area contributed by atoms with Gasteiger partial charge in [0, 0.05) is 11.3 Å². The quantitative estimate of drug-likeness (QED) is 0.759. The van der Waals surface area contributed by atoms with E-state index >= 15 is 0 Å². The number of amides is 2. The highest BCUT2D eigenvalue weighted by atomic mass is 35.5. The van der Waals surface area contributed by atoms with E-state index in [0.29, 0.717) is 22.0 Å². The van der Waals surface area contributed by atoms with Crippen LogP contribution in [-0.2, 0) is 0 Å². The number of rotatable bonds is 3. The van der Waals surface area contributed by atoms with Crippen molar-refractivity contribution in [3.05, 3.63) is 59.1 Å². The molecule has 0 heterocycles. The molecule has 0 bridgehead atoms. The number of hydrogen-bond acceptors (Lipinski definition) is 2. The van der Waals surface area contributed by atoms with Crippen LogP contribution in [0.4, 0.5) is 16.2 Å². The van der Waals surface area contributed by atoms with Gasteiger partial charge in [0.05, 0.1) is 10.7 Å². The van der Waals surface area contributed by atoms with Crippen LogP contribution in [-0.4, -0.2) is 11.0 Å². The zero-order chi connectivity index (χ0) is 14.5. The van der Waals surface area contributed by atoms with Crippen molar-refractivity contribution in [3.63, 3.8) is 0 Å². The predicted molar refractivity (Wildman–Crippen MR) is 86.4 cm³/mol. The van der Waals surface area contributed by atoms with Crippen LogP contribution >= 0.6 is 23.8 Å². The maximum absolute atomic E-state index is 11.9. The molecule has 20 heavy (non-hydrogen) atoms. The van der Waals surface area contributed by atoms with Gasteiger partial charge < -0.3 is 16.4 Å². The van der Waals surface area contributed by atoms with E-state index in [0.717, 1.165) is 0 Å². The zero-order valence-corrected chi connectivity index (χ0v) is 12.0. The minimum Gasteiger partial charge on any atom is -0.389 e. The lowest BCUT2D eigenvalue weighted by Crippen LogP contribution is -2.20. The molecule has 2 aromatic carbocycles. The molecule has 0 saturated carbocycles. The predicted octanol–water partition coefficient (Wildman–Crippen LogP) is 3.62. The lowest BCUT2D eigenvalue weighted by atomic mass is 10.2. The second-order valence-electron chi connectivity index (χ2n) is 4.00. The molecule has 0 aliphatic heterocycles. The summed E-state index contributed by atoms with van der Waals surface area (Å²) in [5, 5.41) is 5.82. The number of carbonyl (C=O) groups is 1. The second kappa shape index (κ2) is 6.36. The zero-order valence-electron chi connectivity index (χ0n) is 10.4. The van der Waals surface area contributed by atoms with Crippen molar-refractivity contribution >= 4 is 46.2 Å². The largest absolute Gasteiger partial charge is 0.389 e. The van der Waals surface area contributed by atoms with E-state index in [9.17, 15) is 4.79 Å². The molecule has 4 nitrogen and oxygen atoms in total. The molecule has 0 spiro atoms. The summed E-state index contributed by atoms with van der Waals surface area (Å²) < 4.78 is 0. The van der Waals surface area contributed by atoms with Crippen LogP contribution in [0.25, 0.3) is 0 Å². The topological polar surface area (TPSA) is 67.1 Å². The number of halogens is 1. The van der Waals surface area contributed by atoms with Crippen LogP contribution in [0.5, 0.6) is 0 Å². The molecule has 0 radical (unpaired) electrons. The second-order valence-corrected chi connectivity index (χ2v) is 4.85. The van der Waals surface area contributed by atoms with E-state index in [-0.39, 0.29) is 4.99 Å².